The molecule has 6 heteroatoms. The summed E-state index contributed by atoms with van der Waals surface area (Å²) in [6.45, 7) is 7.18. The molecule has 1 saturated heterocycles. The number of aromatic nitrogens is 2. The maximum Gasteiger partial charge on any atom is 0.223 e. The van der Waals surface area contributed by atoms with Crippen molar-refractivity contribution in [2.75, 3.05) is 31.1 Å². The van der Waals surface area contributed by atoms with E-state index in [0.29, 0.717) is 12.8 Å². The Morgan fingerprint density at radius 2 is 1.60 bits per heavy atom. The summed E-state index contributed by atoms with van der Waals surface area (Å²) in [4.78, 5) is 17.1. The quantitative estimate of drug-likeness (QED) is 0.645. The average Bonchev–Trinajstić information content (AvgIpc) is 3.06. The smallest absolute Gasteiger partial charge is 0.223 e. The van der Waals surface area contributed by atoms with Crippen LogP contribution in [-0.2, 0) is 11.2 Å². The van der Waals surface area contributed by atoms with Gasteiger partial charge >= 0.3 is 0 Å². The average molecular weight is 407 g/mol. The van der Waals surface area contributed by atoms with Crippen LogP contribution >= 0.6 is 0 Å². The molecular formula is C24H27FN4O. The van der Waals surface area contributed by atoms with Crippen molar-refractivity contribution in [2.45, 2.75) is 26.7 Å². The predicted molar refractivity (Wildman–Crippen MR) is 117 cm³/mol. The van der Waals surface area contributed by atoms with Gasteiger partial charge in [0.25, 0.3) is 0 Å². The molecule has 156 valence electrons. The van der Waals surface area contributed by atoms with Crippen LogP contribution in [0.4, 0.5) is 10.1 Å². The Balaban J connectivity index is 1.36. The van der Waals surface area contributed by atoms with E-state index in [0.717, 1.165) is 48.8 Å². The highest BCUT2D eigenvalue weighted by atomic mass is 19.1. The first-order valence-corrected chi connectivity index (χ1v) is 10.4. The van der Waals surface area contributed by atoms with Crippen molar-refractivity contribution in [3.63, 3.8) is 0 Å². The van der Waals surface area contributed by atoms with Crippen molar-refractivity contribution in [1.29, 1.82) is 0 Å². The number of nitrogens with zero attached hydrogens (tertiary/aromatic N) is 4. The molecule has 0 bridgehead atoms. The monoisotopic (exact) mass is 406 g/mol. The number of carbonyl (C=O) groups is 1. The fourth-order valence-electron chi connectivity index (χ4n) is 4.11. The largest absolute Gasteiger partial charge is 0.368 e. The van der Waals surface area contributed by atoms with Crippen molar-refractivity contribution in [2.24, 2.45) is 0 Å². The van der Waals surface area contributed by atoms with Crippen molar-refractivity contribution < 1.29 is 9.18 Å². The molecule has 2 heterocycles. The minimum Gasteiger partial charge on any atom is -0.368 e. The lowest BCUT2D eigenvalue weighted by molar-refractivity contribution is -0.131. The minimum absolute atomic E-state index is 0.191. The topological polar surface area (TPSA) is 41.4 Å². The van der Waals surface area contributed by atoms with E-state index in [1.807, 2.05) is 41.6 Å². The molecule has 4 rings (SSSR count). The van der Waals surface area contributed by atoms with E-state index in [1.165, 1.54) is 17.8 Å². The molecule has 0 unspecified atom stereocenters. The number of piperazine rings is 1. The van der Waals surface area contributed by atoms with Crippen LogP contribution in [-0.4, -0.2) is 46.8 Å². The minimum atomic E-state index is -0.265. The van der Waals surface area contributed by atoms with Gasteiger partial charge in [0.2, 0.25) is 5.91 Å². The normalized spacial score (nSPS) is 14.2. The van der Waals surface area contributed by atoms with Gasteiger partial charge in [-0.3, -0.25) is 4.79 Å². The lowest BCUT2D eigenvalue weighted by Crippen LogP contribution is -2.48. The Morgan fingerprint density at radius 1 is 0.933 bits per heavy atom. The van der Waals surface area contributed by atoms with E-state index < -0.39 is 0 Å². The van der Waals surface area contributed by atoms with Crippen LogP contribution in [0.5, 0.6) is 0 Å². The van der Waals surface area contributed by atoms with Crippen LogP contribution in [0.3, 0.4) is 0 Å². The highest BCUT2D eigenvalue weighted by Crippen LogP contribution is 2.21. The Labute approximate surface area is 176 Å². The molecule has 0 spiro atoms. The predicted octanol–water partition coefficient (Wildman–Crippen LogP) is 3.91. The van der Waals surface area contributed by atoms with Gasteiger partial charge < -0.3 is 9.80 Å². The van der Waals surface area contributed by atoms with Gasteiger partial charge in [0, 0.05) is 44.0 Å². The number of halogens is 1. The van der Waals surface area contributed by atoms with Crippen LogP contribution in [0.25, 0.3) is 5.69 Å². The first-order chi connectivity index (χ1) is 14.5. The van der Waals surface area contributed by atoms with Crippen LogP contribution in [0, 0.1) is 19.7 Å². The van der Waals surface area contributed by atoms with Gasteiger partial charge in [-0.05, 0) is 62.2 Å². The number of hydrogen-bond acceptors (Lipinski definition) is 3. The lowest BCUT2D eigenvalue weighted by Gasteiger charge is -2.36. The summed E-state index contributed by atoms with van der Waals surface area (Å²) < 4.78 is 15.0. The van der Waals surface area contributed by atoms with Gasteiger partial charge in [-0.2, -0.15) is 5.10 Å². The standard InChI is InChI=1S/C24H27FN4O/c1-18-23(19(2)29(26-18)22-10-8-20(25)9-11-22)12-13-24(30)28-16-14-27(15-17-28)21-6-4-3-5-7-21/h3-11H,12-17H2,1-2H3. The summed E-state index contributed by atoms with van der Waals surface area (Å²) >= 11 is 0. The fourth-order valence-corrected chi connectivity index (χ4v) is 4.11. The Morgan fingerprint density at radius 3 is 2.27 bits per heavy atom. The third-order valence-electron chi connectivity index (χ3n) is 5.85. The second-order valence-electron chi connectivity index (χ2n) is 7.74. The molecule has 5 nitrogen and oxygen atoms in total. The second kappa shape index (κ2) is 8.69. The van der Waals surface area contributed by atoms with Gasteiger partial charge in [-0.25, -0.2) is 9.07 Å². The summed E-state index contributed by atoms with van der Waals surface area (Å²) in [5, 5.41) is 4.61. The fraction of sp³-hybridized carbons (Fsp3) is 0.333. The Bertz CT molecular complexity index is 1010. The van der Waals surface area contributed by atoms with Crippen molar-refractivity contribution in [1.82, 2.24) is 14.7 Å². The Hall–Kier alpha value is -3.15. The van der Waals surface area contributed by atoms with Gasteiger partial charge in [0.15, 0.2) is 0 Å². The van der Waals surface area contributed by atoms with Gasteiger partial charge in [-0.1, -0.05) is 18.2 Å². The number of para-hydroxylation sites is 1. The molecule has 0 atom stereocenters. The molecule has 3 aromatic rings. The molecule has 2 aromatic carbocycles. The van der Waals surface area contributed by atoms with E-state index in [1.54, 1.807) is 12.1 Å². The molecule has 1 aliphatic heterocycles. The van der Waals surface area contributed by atoms with Crippen LogP contribution in [0.2, 0.25) is 0 Å². The van der Waals surface area contributed by atoms with E-state index in [9.17, 15) is 9.18 Å². The van der Waals surface area contributed by atoms with Gasteiger partial charge in [-0.15, -0.1) is 0 Å². The second-order valence-corrected chi connectivity index (χ2v) is 7.74. The molecule has 0 radical (unpaired) electrons. The molecule has 0 aliphatic carbocycles. The first-order valence-electron chi connectivity index (χ1n) is 10.4. The zero-order valence-electron chi connectivity index (χ0n) is 17.5. The van der Waals surface area contributed by atoms with Crippen molar-refractivity contribution in [3.8, 4) is 5.69 Å². The number of rotatable bonds is 5. The maximum absolute atomic E-state index is 13.2. The molecule has 0 N–H and O–H groups in total. The number of benzene rings is 2. The molecular weight excluding hydrogens is 379 g/mol. The summed E-state index contributed by atoms with van der Waals surface area (Å²) in [5.41, 5.74) is 5.05. The first kappa shape index (κ1) is 20.1. The highest BCUT2D eigenvalue weighted by Gasteiger charge is 2.22. The summed E-state index contributed by atoms with van der Waals surface area (Å²) in [7, 11) is 0. The third kappa shape index (κ3) is 4.22. The van der Waals surface area contributed by atoms with E-state index in [2.05, 4.69) is 22.1 Å². The lowest BCUT2D eigenvalue weighted by atomic mass is 10.1. The number of anilines is 1. The zero-order valence-corrected chi connectivity index (χ0v) is 17.5. The molecule has 30 heavy (non-hydrogen) atoms. The van der Waals surface area contributed by atoms with E-state index >= 15 is 0 Å². The van der Waals surface area contributed by atoms with E-state index in [-0.39, 0.29) is 11.7 Å². The molecule has 1 amide bonds. The van der Waals surface area contributed by atoms with E-state index in [4.69, 9.17) is 0 Å². The molecule has 0 saturated carbocycles. The highest BCUT2D eigenvalue weighted by molar-refractivity contribution is 5.77. The zero-order chi connectivity index (χ0) is 21.1. The number of aryl methyl sites for hydroxylation is 1. The number of hydrogen-bond donors (Lipinski definition) is 0. The number of carbonyl (C=O) groups excluding carboxylic acids is 1. The van der Waals surface area contributed by atoms with Gasteiger partial charge in [0.05, 0.1) is 11.4 Å². The summed E-state index contributed by atoms with van der Waals surface area (Å²) in [6.07, 6.45) is 1.14. The van der Waals surface area contributed by atoms with Crippen molar-refractivity contribution in [3.05, 3.63) is 77.4 Å². The van der Waals surface area contributed by atoms with Crippen LogP contribution in [0.1, 0.15) is 23.4 Å². The van der Waals surface area contributed by atoms with Crippen LogP contribution in [0.15, 0.2) is 54.6 Å². The van der Waals surface area contributed by atoms with Crippen molar-refractivity contribution >= 4 is 11.6 Å². The van der Waals surface area contributed by atoms with Gasteiger partial charge in [0.1, 0.15) is 5.82 Å². The molecule has 1 aromatic heterocycles. The number of amides is 1. The molecule has 1 aliphatic rings. The summed E-state index contributed by atoms with van der Waals surface area (Å²) in [6, 6.07) is 16.6. The molecule has 1 fully saturated rings. The third-order valence-corrected chi connectivity index (χ3v) is 5.85. The summed E-state index contributed by atoms with van der Waals surface area (Å²) in [5.74, 6) is -0.0745. The Kier molecular flexibility index (Phi) is 5.84. The van der Waals surface area contributed by atoms with Crippen LogP contribution < -0.4 is 4.90 Å². The maximum atomic E-state index is 13.2. The SMILES string of the molecule is Cc1nn(-c2ccc(F)cc2)c(C)c1CCC(=O)N1CCN(c2ccccc2)CC1.